The third kappa shape index (κ3) is 6.86. The van der Waals surface area contributed by atoms with E-state index in [0.717, 1.165) is 5.56 Å². The predicted molar refractivity (Wildman–Crippen MR) is 87.4 cm³/mol. The molecular weight excluding hydrogens is 298 g/mol. The average Bonchev–Trinajstić information content (AvgIpc) is 2.48. The molecule has 1 amide bonds. The molecule has 0 aliphatic rings. The monoisotopic (exact) mass is 321 g/mol. The van der Waals surface area contributed by atoms with Crippen LogP contribution in [-0.4, -0.2) is 38.2 Å². The van der Waals surface area contributed by atoms with Gasteiger partial charge < -0.3 is 19.5 Å². The number of nitrogens with one attached hydrogen (secondary N) is 1. The van der Waals surface area contributed by atoms with Gasteiger partial charge in [0.1, 0.15) is 0 Å². The number of methoxy groups -OCH3 is 2. The lowest BCUT2D eigenvalue weighted by Gasteiger charge is -2.20. The summed E-state index contributed by atoms with van der Waals surface area (Å²) in [6.07, 6.45) is 2.83. The summed E-state index contributed by atoms with van der Waals surface area (Å²) >= 11 is 0. The van der Waals surface area contributed by atoms with Gasteiger partial charge in [-0.2, -0.15) is 0 Å². The Bertz CT molecular complexity index is 587. The van der Waals surface area contributed by atoms with Gasteiger partial charge in [-0.3, -0.25) is 4.79 Å². The third-order valence-electron chi connectivity index (χ3n) is 2.68. The molecule has 1 aromatic rings. The number of ether oxygens (including phenoxy) is 3. The second kappa shape index (κ2) is 8.22. The molecule has 0 fully saturated rings. The van der Waals surface area contributed by atoms with E-state index in [1.165, 1.54) is 13.2 Å². The Morgan fingerprint density at radius 1 is 1.13 bits per heavy atom. The molecule has 23 heavy (non-hydrogen) atoms. The molecule has 0 bridgehead atoms. The smallest absolute Gasteiger partial charge is 0.331 e. The first-order valence-corrected chi connectivity index (χ1v) is 7.13. The van der Waals surface area contributed by atoms with Crippen molar-refractivity contribution in [3.05, 3.63) is 29.8 Å². The van der Waals surface area contributed by atoms with E-state index in [2.05, 4.69) is 5.32 Å². The van der Waals surface area contributed by atoms with E-state index in [9.17, 15) is 9.59 Å². The molecule has 0 heterocycles. The van der Waals surface area contributed by atoms with Crippen LogP contribution in [-0.2, 0) is 14.3 Å². The number of carbonyl (C=O) groups is 2. The number of esters is 1. The molecule has 1 rings (SSSR count). The highest BCUT2D eigenvalue weighted by Gasteiger charge is 2.14. The number of benzene rings is 1. The van der Waals surface area contributed by atoms with Crippen molar-refractivity contribution in [3.63, 3.8) is 0 Å². The number of hydrogen-bond donors (Lipinski definition) is 1. The minimum atomic E-state index is -0.594. The van der Waals surface area contributed by atoms with Gasteiger partial charge in [-0.15, -0.1) is 0 Å². The molecule has 6 nitrogen and oxygen atoms in total. The zero-order valence-corrected chi connectivity index (χ0v) is 14.1. The van der Waals surface area contributed by atoms with Crippen molar-refractivity contribution in [1.82, 2.24) is 5.32 Å². The fourth-order valence-electron chi connectivity index (χ4n) is 1.76. The second-order valence-electron chi connectivity index (χ2n) is 5.85. The molecule has 1 N–H and O–H groups in total. The van der Waals surface area contributed by atoms with E-state index in [0.29, 0.717) is 11.5 Å². The van der Waals surface area contributed by atoms with E-state index in [4.69, 9.17) is 14.2 Å². The fraction of sp³-hybridized carbons (Fsp3) is 0.412. The Labute approximate surface area is 136 Å². The van der Waals surface area contributed by atoms with Crippen molar-refractivity contribution in [2.75, 3.05) is 20.8 Å². The van der Waals surface area contributed by atoms with Gasteiger partial charge in [0, 0.05) is 11.6 Å². The minimum absolute atomic E-state index is 0.313. The summed E-state index contributed by atoms with van der Waals surface area (Å²) in [6.45, 7) is 5.24. The summed E-state index contributed by atoms with van der Waals surface area (Å²) in [5.74, 6) is 0.230. The summed E-state index contributed by atoms with van der Waals surface area (Å²) < 4.78 is 15.2. The minimum Gasteiger partial charge on any atom is -0.493 e. The standard InChI is InChI=1S/C17H23NO5/c1-17(2,3)18-15(19)11-23-16(20)9-7-12-6-8-13(21-4)14(10-12)22-5/h6-10H,11H2,1-5H3,(H,18,19). The molecule has 0 aromatic heterocycles. The molecule has 0 aliphatic carbocycles. The highest BCUT2D eigenvalue weighted by Crippen LogP contribution is 2.27. The average molecular weight is 321 g/mol. The molecule has 0 spiro atoms. The molecule has 0 unspecified atom stereocenters. The Morgan fingerprint density at radius 3 is 2.35 bits per heavy atom. The summed E-state index contributed by atoms with van der Waals surface area (Å²) in [4.78, 5) is 23.2. The largest absolute Gasteiger partial charge is 0.493 e. The quantitative estimate of drug-likeness (QED) is 0.642. The molecular formula is C17H23NO5. The van der Waals surface area contributed by atoms with Crippen LogP contribution >= 0.6 is 0 Å². The first kappa shape index (κ1) is 18.5. The van der Waals surface area contributed by atoms with Crippen LogP contribution in [0.2, 0.25) is 0 Å². The van der Waals surface area contributed by atoms with Gasteiger partial charge in [-0.05, 0) is 44.5 Å². The molecule has 0 saturated carbocycles. The van der Waals surface area contributed by atoms with Crippen molar-refractivity contribution in [2.24, 2.45) is 0 Å². The van der Waals surface area contributed by atoms with Gasteiger partial charge in [0.25, 0.3) is 5.91 Å². The SMILES string of the molecule is COc1ccc(C=CC(=O)OCC(=O)NC(C)(C)C)cc1OC. The predicted octanol–water partition coefficient (Wildman–Crippen LogP) is 2.17. The molecule has 0 atom stereocenters. The van der Waals surface area contributed by atoms with Gasteiger partial charge in [-0.1, -0.05) is 6.07 Å². The first-order valence-electron chi connectivity index (χ1n) is 7.13. The molecule has 6 heteroatoms. The van der Waals surface area contributed by atoms with Crippen molar-refractivity contribution in [2.45, 2.75) is 26.3 Å². The number of rotatable bonds is 6. The summed E-state index contributed by atoms with van der Waals surface area (Å²) in [5.41, 5.74) is 0.387. The van der Waals surface area contributed by atoms with Crippen LogP contribution in [0.3, 0.4) is 0 Å². The van der Waals surface area contributed by atoms with Crippen LogP contribution in [0.25, 0.3) is 6.08 Å². The number of carbonyl (C=O) groups excluding carboxylic acids is 2. The van der Waals surface area contributed by atoms with Gasteiger partial charge in [-0.25, -0.2) is 4.79 Å². The van der Waals surface area contributed by atoms with Crippen LogP contribution in [0.4, 0.5) is 0 Å². The van der Waals surface area contributed by atoms with Crippen LogP contribution in [0, 0.1) is 0 Å². The zero-order valence-electron chi connectivity index (χ0n) is 14.1. The number of amides is 1. The Kier molecular flexibility index (Phi) is 6.63. The topological polar surface area (TPSA) is 73.9 Å². The van der Waals surface area contributed by atoms with E-state index < -0.39 is 5.97 Å². The normalized spacial score (nSPS) is 11.2. The highest BCUT2D eigenvalue weighted by atomic mass is 16.5. The van der Waals surface area contributed by atoms with Crippen molar-refractivity contribution in [3.8, 4) is 11.5 Å². The lowest BCUT2D eigenvalue weighted by molar-refractivity contribution is -0.144. The first-order chi connectivity index (χ1) is 10.7. The van der Waals surface area contributed by atoms with Crippen LogP contribution in [0.5, 0.6) is 11.5 Å². The second-order valence-corrected chi connectivity index (χ2v) is 5.85. The molecule has 0 aliphatic heterocycles. The van der Waals surface area contributed by atoms with E-state index in [1.54, 1.807) is 31.4 Å². The summed E-state index contributed by atoms with van der Waals surface area (Å²) in [5, 5.41) is 2.71. The molecule has 0 saturated heterocycles. The van der Waals surface area contributed by atoms with Gasteiger partial charge >= 0.3 is 5.97 Å². The highest BCUT2D eigenvalue weighted by molar-refractivity contribution is 5.89. The van der Waals surface area contributed by atoms with E-state index in [-0.39, 0.29) is 18.1 Å². The summed E-state index contributed by atoms with van der Waals surface area (Å²) in [6, 6.07) is 5.24. The maximum absolute atomic E-state index is 11.6. The van der Waals surface area contributed by atoms with E-state index in [1.807, 2.05) is 20.8 Å². The molecule has 1 aromatic carbocycles. The molecule has 0 radical (unpaired) electrons. The van der Waals surface area contributed by atoms with Crippen molar-refractivity contribution in [1.29, 1.82) is 0 Å². The third-order valence-corrected chi connectivity index (χ3v) is 2.68. The fourth-order valence-corrected chi connectivity index (χ4v) is 1.76. The summed E-state index contributed by atoms with van der Waals surface area (Å²) in [7, 11) is 3.08. The molecule has 126 valence electrons. The Hall–Kier alpha value is -2.50. The lowest BCUT2D eigenvalue weighted by Crippen LogP contribution is -2.42. The van der Waals surface area contributed by atoms with Crippen LogP contribution < -0.4 is 14.8 Å². The van der Waals surface area contributed by atoms with Crippen LogP contribution in [0.1, 0.15) is 26.3 Å². The van der Waals surface area contributed by atoms with Gasteiger partial charge in [0.05, 0.1) is 14.2 Å². The number of hydrogen-bond acceptors (Lipinski definition) is 5. The Balaban J connectivity index is 2.57. The van der Waals surface area contributed by atoms with Crippen molar-refractivity contribution < 1.29 is 23.8 Å². The maximum Gasteiger partial charge on any atom is 0.331 e. The van der Waals surface area contributed by atoms with E-state index >= 15 is 0 Å². The van der Waals surface area contributed by atoms with Crippen LogP contribution in [0.15, 0.2) is 24.3 Å². The maximum atomic E-state index is 11.6. The lowest BCUT2D eigenvalue weighted by atomic mass is 10.1. The zero-order chi connectivity index (χ0) is 17.5. The Morgan fingerprint density at radius 2 is 1.78 bits per heavy atom. The van der Waals surface area contributed by atoms with Gasteiger partial charge in [0.15, 0.2) is 18.1 Å². The van der Waals surface area contributed by atoms with Gasteiger partial charge in [0.2, 0.25) is 0 Å². The van der Waals surface area contributed by atoms with Crippen molar-refractivity contribution >= 4 is 18.0 Å².